The van der Waals surface area contributed by atoms with E-state index in [4.69, 9.17) is 34.4 Å². The fourth-order valence-electron chi connectivity index (χ4n) is 12.2. The first-order valence-electron chi connectivity index (χ1n) is 36.5. The molecule has 27 heteroatoms. The Morgan fingerprint density at radius 3 is 1.51 bits per heavy atom. The molecule has 23 N–H and O–H groups in total. The fourth-order valence-corrected chi connectivity index (χ4v) is 12.2. The van der Waals surface area contributed by atoms with Gasteiger partial charge < -0.3 is 91.9 Å². The number of nitrogens with two attached hydrogens (primary N) is 6. The van der Waals surface area contributed by atoms with Crippen molar-refractivity contribution in [3.8, 4) is 0 Å². The molecule has 1 aliphatic heterocycles. The van der Waals surface area contributed by atoms with E-state index < -0.39 is 139 Å². The lowest BCUT2D eigenvalue weighted by Gasteiger charge is -2.32. The maximum Gasteiger partial charge on any atom is 0.321 e. The van der Waals surface area contributed by atoms with Crippen LogP contribution in [0.1, 0.15) is 271 Å². The quantitative estimate of drug-likeness (QED) is 0.0409. The maximum absolute atomic E-state index is 14.1. The molecule has 1 aliphatic rings. The van der Waals surface area contributed by atoms with E-state index in [9.17, 15) is 58.5 Å². The maximum atomic E-state index is 14.1. The number of carbonyl (C=O) groups is 9. The molecule has 7 unspecified atom stereocenters. The van der Waals surface area contributed by atoms with Crippen molar-refractivity contribution in [2.45, 2.75) is 350 Å². The van der Waals surface area contributed by atoms with Crippen LogP contribution < -0.4 is 71.6 Å². The molecule has 0 spiro atoms. The molecule has 0 radical (unpaired) electrons. The number of imidazole rings is 1. The second-order valence-electron chi connectivity index (χ2n) is 27.6. The minimum atomic E-state index is -1.75. The number of H-pyrrole nitrogens is 1. The van der Waals surface area contributed by atoms with Crippen molar-refractivity contribution in [1.29, 1.82) is 0 Å². The van der Waals surface area contributed by atoms with Crippen molar-refractivity contribution in [2.24, 2.45) is 40.3 Å². The van der Waals surface area contributed by atoms with Gasteiger partial charge in [-0.25, -0.2) is 4.98 Å². The van der Waals surface area contributed by atoms with Crippen molar-refractivity contribution in [3.05, 3.63) is 18.2 Å². The minimum absolute atomic E-state index is 0.150. The van der Waals surface area contributed by atoms with Gasteiger partial charge in [-0.15, -0.1) is 0 Å². The topological polar surface area (TPSA) is 483 Å². The molecule has 2 rings (SSSR count). The third-order valence-electron chi connectivity index (χ3n) is 18.3. The molecular formula is C69H129N15O12. The highest BCUT2D eigenvalue weighted by molar-refractivity contribution is 5.99. The number of aliphatic hydroxyl groups is 2. The van der Waals surface area contributed by atoms with Gasteiger partial charge in [0.2, 0.25) is 47.3 Å². The Hall–Kier alpha value is -5.84. The Kier molecular flexibility index (Phi) is 46.1. The standard InChI is InChI=1S/C69H129N15O12/c1-5-6-19-28-48(70)29-20-11-7-12-21-30-49(71)31-22-13-8-14-23-32-50(72)33-24-15-9-16-25-34-51(73)35-26-17-10-18-27-36-53(85)37-38-77-60(88)43-58(86)63(46(2)3)83-68(94)64-47(4)79-62(90)42-57(66(92)81-56(41-59(75)87)67(93)84-64)82-65(91)55(39-52-44-76-45-78-52)80-61(89)40-54(74)69(95)96/h44-51,53-58,63-64,85-86H,5-43,70-74H2,1-4H3,(H2,75,87)(H,76,78)(H,77,88)(H,79,90)(H,80,89)(H,81,92)(H,82,91)(H,83,94)(H,84,93)(H,95,96)/t47-,48?,49?,50?,51?,53?,54+,55+,56?,57-,58+,63+,64?/m1/s1. The molecule has 1 fully saturated rings. The molecule has 1 aromatic rings. The molecule has 8 amide bonds. The monoisotopic (exact) mass is 1360 g/mol. The van der Waals surface area contributed by atoms with Crippen LogP contribution in [0.2, 0.25) is 0 Å². The van der Waals surface area contributed by atoms with Crippen molar-refractivity contribution in [1.82, 2.24) is 47.2 Å². The van der Waals surface area contributed by atoms with Gasteiger partial charge in [-0.05, 0) is 77.0 Å². The number of carbonyl (C=O) groups excluding carboxylic acids is 8. The van der Waals surface area contributed by atoms with Crippen LogP contribution in [0, 0.1) is 5.92 Å². The molecule has 0 bridgehead atoms. The third kappa shape index (κ3) is 40.8. The number of rotatable bonds is 55. The lowest BCUT2D eigenvalue weighted by molar-refractivity contribution is -0.140. The number of hydrogen-bond acceptors (Lipinski definition) is 17. The number of nitrogens with zero attached hydrogens (tertiary/aromatic N) is 1. The summed E-state index contributed by atoms with van der Waals surface area (Å²) in [6.45, 7) is 7.12. The lowest BCUT2D eigenvalue weighted by atomic mass is 9.95. The molecule has 2 heterocycles. The molecule has 0 aliphatic carbocycles. The highest BCUT2D eigenvalue weighted by Crippen LogP contribution is 2.19. The number of unbranched alkanes of at least 4 members (excludes halogenated alkanes) is 18. The van der Waals surface area contributed by atoms with E-state index in [0.29, 0.717) is 36.7 Å². The number of carboxylic acids is 1. The fraction of sp³-hybridized carbons (Fsp3) is 0.826. The number of carboxylic acid groups (broad SMARTS) is 1. The van der Waals surface area contributed by atoms with Crippen LogP contribution in [-0.4, -0.2) is 164 Å². The minimum Gasteiger partial charge on any atom is -0.480 e. The molecule has 552 valence electrons. The van der Waals surface area contributed by atoms with E-state index in [0.717, 1.165) is 77.0 Å². The van der Waals surface area contributed by atoms with Crippen LogP contribution in [0.25, 0.3) is 0 Å². The zero-order valence-electron chi connectivity index (χ0n) is 58.7. The van der Waals surface area contributed by atoms with Gasteiger partial charge in [0.25, 0.3) is 0 Å². The van der Waals surface area contributed by atoms with Crippen LogP contribution >= 0.6 is 0 Å². The highest BCUT2D eigenvalue weighted by Gasteiger charge is 2.39. The molecule has 1 aromatic heterocycles. The van der Waals surface area contributed by atoms with E-state index in [2.05, 4.69) is 54.1 Å². The number of aromatic nitrogens is 2. The number of nitrogens with one attached hydrogen (secondary N) is 8. The first kappa shape index (κ1) is 86.2. The average Bonchev–Trinajstić information content (AvgIpc) is 1.43. The summed E-state index contributed by atoms with van der Waals surface area (Å²) in [5.41, 5.74) is 36.9. The Morgan fingerprint density at radius 1 is 0.604 bits per heavy atom. The molecule has 27 nitrogen and oxygen atoms in total. The van der Waals surface area contributed by atoms with Crippen LogP contribution in [0.15, 0.2) is 12.5 Å². The van der Waals surface area contributed by atoms with Gasteiger partial charge in [-0.3, -0.25) is 43.2 Å². The lowest BCUT2D eigenvalue weighted by Crippen LogP contribution is -2.62. The summed E-state index contributed by atoms with van der Waals surface area (Å²) in [4.78, 5) is 125. The Balaban J connectivity index is 1.65. The molecule has 1 saturated heterocycles. The normalized spacial score (nSPS) is 19.0. The number of aromatic amines is 1. The van der Waals surface area contributed by atoms with Crippen LogP contribution in [0.4, 0.5) is 0 Å². The van der Waals surface area contributed by atoms with Gasteiger partial charge in [-0.1, -0.05) is 168 Å². The van der Waals surface area contributed by atoms with Crippen LogP contribution in [0.3, 0.4) is 0 Å². The molecular weight excluding hydrogens is 1230 g/mol. The van der Waals surface area contributed by atoms with Gasteiger partial charge in [0.15, 0.2) is 0 Å². The summed E-state index contributed by atoms with van der Waals surface area (Å²) < 4.78 is 0. The first-order chi connectivity index (χ1) is 45.8. The number of aliphatic hydroxyl groups excluding tert-OH is 2. The summed E-state index contributed by atoms with van der Waals surface area (Å²) in [5.74, 6) is -9.47. The predicted octanol–water partition coefficient (Wildman–Crippen LogP) is 4.05. The first-order valence-corrected chi connectivity index (χ1v) is 36.5. The van der Waals surface area contributed by atoms with E-state index in [-0.39, 0.29) is 19.0 Å². The van der Waals surface area contributed by atoms with Crippen LogP contribution in [-0.2, 0) is 49.6 Å². The summed E-state index contributed by atoms with van der Waals surface area (Å²) in [6, 6.07) is -9.21. The summed E-state index contributed by atoms with van der Waals surface area (Å²) >= 11 is 0. The molecule has 0 saturated carbocycles. The van der Waals surface area contributed by atoms with E-state index in [1.807, 2.05) is 0 Å². The zero-order valence-corrected chi connectivity index (χ0v) is 58.7. The number of amides is 8. The molecule has 96 heavy (non-hydrogen) atoms. The second-order valence-corrected chi connectivity index (χ2v) is 27.6. The number of primary amides is 1. The average molecular weight is 1360 g/mol. The van der Waals surface area contributed by atoms with E-state index >= 15 is 0 Å². The van der Waals surface area contributed by atoms with Gasteiger partial charge in [0.1, 0.15) is 30.2 Å². The number of hydrogen-bond donors (Lipinski definition) is 17. The largest absolute Gasteiger partial charge is 0.480 e. The van der Waals surface area contributed by atoms with Gasteiger partial charge in [0, 0.05) is 49.0 Å². The summed E-state index contributed by atoms with van der Waals surface area (Å²) in [5, 5.41) is 48.6. The Labute approximate surface area is 572 Å². The van der Waals surface area contributed by atoms with Crippen LogP contribution in [0.5, 0.6) is 0 Å². The second kappa shape index (κ2) is 51.4. The van der Waals surface area contributed by atoms with Gasteiger partial charge in [0.05, 0.1) is 56.3 Å². The zero-order chi connectivity index (χ0) is 71.2. The van der Waals surface area contributed by atoms with Crippen molar-refractivity contribution in [3.63, 3.8) is 0 Å². The summed E-state index contributed by atoms with van der Waals surface area (Å²) in [6.07, 6.45) is 35.0. The number of aliphatic carboxylic acids is 1. The Bertz CT molecular complexity index is 2360. The van der Waals surface area contributed by atoms with Gasteiger partial charge >= 0.3 is 5.97 Å². The highest BCUT2D eigenvalue weighted by atomic mass is 16.4. The predicted molar refractivity (Wildman–Crippen MR) is 373 cm³/mol. The summed E-state index contributed by atoms with van der Waals surface area (Å²) in [7, 11) is 0. The van der Waals surface area contributed by atoms with E-state index in [1.165, 1.54) is 141 Å². The smallest absolute Gasteiger partial charge is 0.321 e. The SMILES string of the molecule is CCCCCC(N)CCCCCCCC(N)CCCCCCCC(N)CCCCCCCC(N)CCCCCCCC(O)CCNC(=O)C[C@H](O)[C@@H](NC(=O)C1NC(=O)C(CC(N)=O)NC(=O)[C@H](NC(=O)[C@H](Cc2cnc[nH]2)NC(=O)C[C@H](N)C(=O)O)CC(=O)N[C@@H]1C)C(C)C. The van der Waals surface area contributed by atoms with Gasteiger partial charge in [-0.2, -0.15) is 0 Å². The third-order valence-corrected chi connectivity index (χ3v) is 18.3. The van der Waals surface area contributed by atoms with Crippen molar-refractivity contribution in [2.75, 3.05) is 6.54 Å². The van der Waals surface area contributed by atoms with Crippen molar-refractivity contribution < 1.29 is 58.5 Å². The molecule has 0 aromatic carbocycles. The van der Waals surface area contributed by atoms with Crippen molar-refractivity contribution >= 4 is 53.2 Å². The van der Waals surface area contributed by atoms with E-state index in [1.54, 1.807) is 13.8 Å². The Morgan fingerprint density at radius 2 is 1.07 bits per heavy atom. The molecule has 13 atom stereocenters.